The van der Waals surface area contributed by atoms with Crippen molar-refractivity contribution in [1.29, 1.82) is 0 Å². The summed E-state index contributed by atoms with van der Waals surface area (Å²) < 4.78 is 0. The molecule has 2 atom stereocenters. The molecular weight excluding hydrogens is 316 g/mol. The molecule has 118 valence electrons. The van der Waals surface area contributed by atoms with Gasteiger partial charge in [0.1, 0.15) is 0 Å². The lowest BCUT2D eigenvalue weighted by Crippen LogP contribution is -2.09. The smallest absolute Gasteiger partial charge is 0.270 e. The Labute approximate surface area is 134 Å². The minimum absolute atomic E-state index is 0.177. The van der Waals surface area contributed by atoms with E-state index in [-0.39, 0.29) is 34.1 Å². The van der Waals surface area contributed by atoms with Crippen LogP contribution >= 0.6 is 0 Å². The van der Waals surface area contributed by atoms with Crippen molar-refractivity contribution in [1.82, 2.24) is 0 Å². The number of hydrogen-bond donors (Lipinski definition) is 0. The lowest BCUT2D eigenvalue weighted by molar-refractivity contribution is -0.385. The fourth-order valence-corrected chi connectivity index (χ4v) is 3.56. The van der Waals surface area contributed by atoms with Crippen LogP contribution in [0.3, 0.4) is 0 Å². The van der Waals surface area contributed by atoms with Crippen molar-refractivity contribution in [2.45, 2.75) is 11.8 Å². The Morgan fingerprint density at radius 2 is 1.08 bits per heavy atom. The highest BCUT2D eigenvalue weighted by atomic mass is 16.6. The molecule has 0 amide bonds. The Bertz CT molecular complexity index is 901. The lowest BCUT2D eigenvalue weighted by atomic mass is 9.92. The van der Waals surface area contributed by atoms with E-state index in [1.165, 1.54) is 36.4 Å². The number of nitro benzene ring substituents is 2. The summed E-state index contributed by atoms with van der Waals surface area (Å²) >= 11 is 0. The summed E-state index contributed by atoms with van der Waals surface area (Å²) in [6.07, 6.45) is 0. The normalized spacial score (nSPS) is 20.5. The van der Waals surface area contributed by atoms with E-state index in [4.69, 9.17) is 0 Å². The SMILES string of the molecule is O=C1c2cc([N+](=O)[O-])ccc2[C@@H]2C(=O)c3cc([N+](=O)[O-])ccc3[C@H]12. The number of rotatable bonds is 2. The molecule has 2 aliphatic rings. The highest BCUT2D eigenvalue weighted by Crippen LogP contribution is 2.52. The monoisotopic (exact) mass is 324 g/mol. The quantitative estimate of drug-likeness (QED) is 0.618. The van der Waals surface area contributed by atoms with Gasteiger partial charge in [0, 0.05) is 35.4 Å². The van der Waals surface area contributed by atoms with E-state index >= 15 is 0 Å². The van der Waals surface area contributed by atoms with Crippen LogP contribution in [0.5, 0.6) is 0 Å². The number of non-ortho nitro benzene ring substituents is 2. The molecule has 24 heavy (non-hydrogen) atoms. The zero-order valence-corrected chi connectivity index (χ0v) is 12.0. The van der Waals surface area contributed by atoms with Gasteiger partial charge in [-0.3, -0.25) is 29.8 Å². The zero-order valence-electron chi connectivity index (χ0n) is 12.0. The Kier molecular flexibility index (Phi) is 2.69. The molecule has 0 spiro atoms. The standard InChI is InChI=1S/C16H8N2O6/c19-15-11-5-7(17(21)22)1-3-9(11)13-14(15)10-4-2-8(18(23)24)6-12(10)16(13)20/h1-6,13-14H/t13-,14-/m0/s1. The molecule has 8 heteroatoms. The largest absolute Gasteiger partial charge is 0.293 e. The van der Waals surface area contributed by atoms with Crippen molar-refractivity contribution < 1.29 is 19.4 Å². The maximum absolute atomic E-state index is 12.7. The van der Waals surface area contributed by atoms with Gasteiger partial charge >= 0.3 is 0 Å². The van der Waals surface area contributed by atoms with Crippen LogP contribution in [0.15, 0.2) is 36.4 Å². The first-order valence-corrected chi connectivity index (χ1v) is 7.05. The van der Waals surface area contributed by atoms with Gasteiger partial charge in [-0.15, -0.1) is 0 Å². The maximum atomic E-state index is 12.7. The van der Waals surface area contributed by atoms with Gasteiger partial charge in [-0.1, -0.05) is 12.1 Å². The van der Waals surface area contributed by atoms with Gasteiger partial charge in [0.2, 0.25) is 0 Å². The summed E-state index contributed by atoms with van der Waals surface area (Å²) in [5.74, 6) is -2.24. The van der Waals surface area contributed by atoms with Crippen LogP contribution in [-0.4, -0.2) is 21.4 Å². The average Bonchev–Trinajstić information content (AvgIpc) is 3.01. The topological polar surface area (TPSA) is 120 Å². The molecule has 0 fully saturated rings. The van der Waals surface area contributed by atoms with Crippen molar-refractivity contribution in [3.05, 3.63) is 78.9 Å². The summed E-state index contributed by atoms with van der Waals surface area (Å²) in [5.41, 5.74) is 0.823. The molecule has 0 saturated heterocycles. The number of fused-ring (bicyclic) bond motifs is 5. The molecule has 2 aromatic carbocycles. The Hall–Kier alpha value is -3.42. The molecule has 8 nitrogen and oxygen atoms in total. The van der Waals surface area contributed by atoms with E-state index in [0.29, 0.717) is 11.1 Å². The Morgan fingerprint density at radius 3 is 1.42 bits per heavy atom. The number of benzene rings is 2. The highest BCUT2D eigenvalue weighted by molar-refractivity contribution is 6.20. The second-order valence-corrected chi connectivity index (χ2v) is 5.74. The maximum Gasteiger partial charge on any atom is 0.270 e. The molecule has 0 radical (unpaired) electrons. The van der Waals surface area contributed by atoms with Crippen LogP contribution in [0, 0.1) is 20.2 Å². The van der Waals surface area contributed by atoms with Crippen LogP contribution in [-0.2, 0) is 0 Å². The van der Waals surface area contributed by atoms with Crippen LogP contribution in [0.4, 0.5) is 11.4 Å². The first kappa shape index (κ1) is 14.2. The van der Waals surface area contributed by atoms with E-state index < -0.39 is 21.7 Å². The first-order valence-electron chi connectivity index (χ1n) is 7.05. The number of nitro groups is 2. The molecule has 0 unspecified atom stereocenters. The van der Waals surface area contributed by atoms with E-state index in [1.54, 1.807) is 0 Å². The molecule has 0 N–H and O–H groups in total. The molecular formula is C16H8N2O6. The average molecular weight is 324 g/mol. The fourth-order valence-electron chi connectivity index (χ4n) is 3.56. The van der Waals surface area contributed by atoms with Gasteiger partial charge in [0.05, 0.1) is 21.7 Å². The molecule has 0 heterocycles. The third kappa shape index (κ3) is 1.67. The number of nitrogens with zero attached hydrogens (tertiary/aromatic N) is 2. The van der Waals surface area contributed by atoms with Gasteiger partial charge in [-0.2, -0.15) is 0 Å². The van der Waals surface area contributed by atoms with Gasteiger partial charge in [-0.05, 0) is 11.1 Å². The zero-order chi connectivity index (χ0) is 17.2. The summed E-state index contributed by atoms with van der Waals surface area (Å²) in [6.45, 7) is 0. The first-order chi connectivity index (χ1) is 11.4. The van der Waals surface area contributed by atoms with Crippen molar-refractivity contribution in [2.24, 2.45) is 0 Å². The number of carbonyl (C=O) groups is 2. The second kappa shape index (κ2) is 4.54. The minimum atomic E-state index is -0.759. The minimum Gasteiger partial charge on any atom is -0.293 e. The van der Waals surface area contributed by atoms with Crippen molar-refractivity contribution in [2.75, 3.05) is 0 Å². The number of ketones is 2. The molecule has 0 aromatic heterocycles. The summed E-state index contributed by atoms with van der Waals surface area (Å²) in [4.78, 5) is 45.9. The van der Waals surface area contributed by atoms with Crippen LogP contribution in [0.1, 0.15) is 43.7 Å². The van der Waals surface area contributed by atoms with Crippen LogP contribution in [0.25, 0.3) is 0 Å². The Morgan fingerprint density at radius 1 is 0.708 bits per heavy atom. The van der Waals surface area contributed by atoms with Crippen molar-refractivity contribution in [3.8, 4) is 0 Å². The summed E-state index contributed by atoms with van der Waals surface area (Å²) in [5, 5.41) is 21.8. The van der Waals surface area contributed by atoms with Gasteiger partial charge in [0.25, 0.3) is 11.4 Å². The van der Waals surface area contributed by atoms with Crippen molar-refractivity contribution in [3.63, 3.8) is 0 Å². The van der Waals surface area contributed by atoms with Gasteiger partial charge in [0.15, 0.2) is 11.6 Å². The summed E-state index contributed by atoms with van der Waals surface area (Å²) in [6, 6.07) is 7.74. The van der Waals surface area contributed by atoms with E-state index in [0.717, 1.165) is 0 Å². The summed E-state index contributed by atoms with van der Waals surface area (Å²) in [7, 11) is 0. The van der Waals surface area contributed by atoms with Gasteiger partial charge < -0.3 is 0 Å². The second-order valence-electron chi connectivity index (χ2n) is 5.74. The molecule has 2 aromatic rings. The number of carbonyl (C=O) groups excluding carboxylic acids is 2. The number of hydrogen-bond acceptors (Lipinski definition) is 6. The fraction of sp³-hybridized carbons (Fsp3) is 0.125. The molecule has 0 aliphatic heterocycles. The highest BCUT2D eigenvalue weighted by Gasteiger charge is 2.51. The van der Waals surface area contributed by atoms with Crippen LogP contribution < -0.4 is 0 Å². The van der Waals surface area contributed by atoms with Crippen molar-refractivity contribution >= 4 is 22.9 Å². The predicted molar refractivity (Wildman–Crippen MR) is 80.3 cm³/mol. The molecule has 4 rings (SSSR count). The Balaban J connectivity index is 1.87. The van der Waals surface area contributed by atoms with Gasteiger partial charge in [-0.25, -0.2) is 0 Å². The third-order valence-electron chi connectivity index (χ3n) is 4.59. The van der Waals surface area contributed by atoms with E-state index in [1.807, 2.05) is 0 Å². The number of Topliss-reactive ketones (excluding diaryl/α,β-unsaturated/α-hetero) is 2. The van der Waals surface area contributed by atoms with E-state index in [9.17, 15) is 29.8 Å². The predicted octanol–water partition coefficient (Wildman–Crippen LogP) is 2.76. The molecule has 0 bridgehead atoms. The van der Waals surface area contributed by atoms with E-state index in [2.05, 4.69) is 0 Å². The molecule has 0 saturated carbocycles. The molecule has 2 aliphatic carbocycles. The lowest BCUT2D eigenvalue weighted by Gasteiger charge is -2.07. The third-order valence-corrected chi connectivity index (χ3v) is 4.59. The van der Waals surface area contributed by atoms with Crippen LogP contribution in [0.2, 0.25) is 0 Å².